The molecule has 34 heavy (non-hydrogen) atoms. The standard InChI is InChI=1S/C20H17N7O5S2/c21-20-22-12(9-34-20)13(24-32)16(28)23-14-17(29)27-15(19(30)31)10(8-33-18(14)27)6-25-4-5-26-3-1-2-11(26)7-25/h1-5,7,9,14,18H,6,8H2,(H4-,21,22,23,28,30,31,32)/p+1/t14-,18+/m1/s1. The van der Waals surface area contributed by atoms with Crippen LogP contribution in [0, 0.1) is 0 Å². The van der Waals surface area contributed by atoms with Crippen molar-refractivity contribution in [3.63, 3.8) is 0 Å². The number of anilines is 1. The summed E-state index contributed by atoms with van der Waals surface area (Å²) in [5, 5.41) is 25.7. The molecule has 174 valence electrons. The number of carbonyl (C=O) groups is 3. The van der Waals surface area contributed by atoms with Gasteiger partial charge in [0.05, 0.1) is 6.20 Å². The van der Waals surface area contributed by atoms with E-state index >= 15 is 0 Å². The summed E-state index contributed by atoms with van der Waals surface area (Å²) >= 11 is 2.42. The smallest absolute Gasteiger partial charge is 0.352 e. The summed E-state index contributed by atoms with van der Waals surface area (Å²) in [5.41, 5.74) is 6.72. The monoisotopic (exact) mass is 500 g/mol. The zero-order chi connectivity index (χ0) is 24.0. The van der Waals surface area contributed by atoms with Crippen LogP contribution in [0.15, 0.2) is 58.7 Å². The molecule has 0 radical (unpaired) electrons. The van der Waals surface area contributed by atoms with Gasteiger partial charge in [-0.2, -0.15) is 4.57 Å². The number of nitrogens with zero attached hydrogens (tertiary/aromatic N) is 5. The third-order valence-electron chi connectivity index (χ3n) is 5.52. The minimum Gasteiger partial charge on any atom is -0.477 e. The van der Waals surface area contributed by atoms with Crippen LogP contribution in [0.5, 0.6) is 0 Å². The third-order valence-corrected chi connectivity index (χ3v) is 7.53. The fourth-order valence-corrected chi connectivity index (χ4v) is 5.85. The predicted molar refractivity (Wildman–Crippen MR) is 122 cm³/mol. The molecule has 5 heterocycles. The molecular formula is C20H18N7O5S2+. The van der Waals surface area contributed by atoms with Crippen molar-refractivity contribution in [2.75, 3.05) is 11.5 Å². The van der Waals surface area contributed by atoms with Crippen molar-refractivity contribution in [1.29, 1.82) is 0 Å². The molecule has 2 atom stereocenters. The number of thiazole rings is 1. The number of β-lactam (4-membered cyclic amide) rings is 1. The Morgan fingerprint density at radius 1 is 1.38 bits per heavy atom. The van der Waals surface area contributed by atoms with Gasteiger partial charge in [-0.05, 0) is 12.1 Å². The summed E-state index contributed by atoms with van der Waals surface area (Å²) in [7, 11) is 0. The molecule has 0 saturated carbocycles. The number of nitrogens with two attached hydrogens (primary N) is 1. The number of rotatable bonds is 6. The number of carboxylic acids is 1. The number of nitrogens with one attached hydrogen (secondary N) is 1. The Balaban J connectivity index is 1.35. The molecule has 0 aromatic carbocycles. The fourth-order valence-electron chi connectivity index (χ4n) is 3.96. The van der Waals surface area contributed by atoms with Gasteiger partial charge in [-0.3, -0.25) is 14.5 Å². The van der Waals surface area contributed by atoms with Gasteiger partial charge in [0.2, 0.25) is 0 Å². The topological polar surface area (TPSA) is 166 Å². The predicted octanol–water partition coefficient (Wildman–Crippen LogP) is -0.117. The Morgan fingerprint density at radius 3 is 2.91 bits per heavy atom. The lowest BCUT2D eigenvalue weighted by molar-refractivity contribution is -0.688. The minimum atomic E-state index is -1.21. The van der Waals surface area contributed by atoms with E-state index in [4.69, 9.17) is 5.73 Å². The van der Waals surface area contributed by atoms with E-state index in [0.29, 0.717) is 17.9 Å². The van der Waals surface area contributed by atoms with Crippen LogP contribution in [-0.2, 0) is 20.9 Å². The van der Waals surface area contributed by atoms with E-state index in [1.54, 1.807) is 0 Å². The SMILES string of the molecule is Nc1nc(/C(=N/O)C(=O)N[C@@H]2C(=O)N3C(C(=O)O)=C(C[n+]4ccn5cccc5c4)CS[C@@H]23)cs1. The average molecular weight is 501 g/mol. The highest BCUT2D eigenvalue weighted by Crippen LogP contribution is 2.40. The Bertz CT molecular complexity index is 1390. The highest BCUT2D eigenvalue weighted by molar-refractivity contribution is 8.00. The zero-order valence-electron chi connectivity index (χ0n) is 17.4. The van der Waals surface area contributed by atoms with Crippen molar-refractivity contribution < 1.29 is 29.3 Å². The molecule has 2 aliphatic rings. The average Bonchev–Trinajstić information content (AvgIpc) is 3.46. The number of nitrogen functional groups attached to an aromatic ring is 1. The van der Waals surface area contributed by atoms with E-state index in [1.165, 1.54) is 22.0 Å². The lowest BCUT2D eigenvalue weighted by Gasteiger charge is -2.49. The van der Waals surface area contributed by atoms with Crippen LogP contribution in [0.25, 0.3) is 5.52 Å². The number of oxime groups is 1. The first-order valence-electron chi connectivity index (χ1n) is 9.97. The summed E-state index contributed by atoms with van der Waals surface area (Å²) in [6.45, 7) is 0.302. The highest BCUT2D eigenvalue weighted by atomic mass is 32.2. The first-order chi connectivity index (χ1) is 16.4. The van der Waals surface area contributed by atoms with E-state index in [2.05, 4.69) is 15.5 Å². The van der Waals surface area contributed by atoms with Gasteiger partial charge in [-0.15, -0.1) is 23.1 Å². The largest absolute Gasteiger partial charge is 0.477 e. The van der Waals surface area contributed by atoms with Crippen LogP contribution in [0.2, 0.25) is 0 Å². The number of carbonyl (C=O) groups excluding carboxylic acids is 2. The molecule has 5 N–H and O–H groups in total. The van der Waals surface area contributed by atoms with E-state index in [9.17, 15) is 24.7 Å². The van der Waals surface area contributed by atoms with Gasteiger partial charge < -0.3 is 25.8 Å². The number of carboxylic acid groups (broad SMARTS) is 1. The molecule has 2 amide bonds. The van der Waals surface area contributed by atoms with E-state index in [0.717, 1.165) is 16.9 Å². The molecule has 5 rings (SSSR count). The summed E-state index contributed by atoms with van der Waals surface area (Å²) in [5.74, 6) is -2.21. The number of hydrogen-bond acceptors (Lipinski definition) is 9. The third kappa shape index (κ3) is 3.66. The van der Waals surface area contributed by atoms with E-state index < -0.39 is 29.2 Å². The maximum atomic E-state index is 12.9. The first kappa shape index (κ1) is 21.9. The van der Waals surface area contributed by atoms with Crippen molar-refractivity contribution >= 4 is 57.2 Å². The fraction of sp³-hybridized carbons (Fsp3) is 0.200. The van der Waals surface area contributed by atoms with Gasteiger partial charge in [0.15, 0.2) is 29.8 Å². The van der Waals surface area contributed by atoms with Crippen LogP contribution in [-0.4, -0.2) is 65.3 Å². The van der Waals surface area contributed by atoms with Gasteiger partial charge in [0.1, 0.15) is 28.3 Å². The van der Waals surface area contributed by atoms with Gasteiger partial charge >= 0.3 is 5.97 Å². The number of aromatic nitrogens is 3. The molecule has 3 aromatic rings. The minimum absolute atomic E-state index is 0.0767. The highest BCUT2D eigenvalue weighted by Gasteiger charge is 2.54. The lowest BCUT2D eigenvalue weighted by Crippen LogP contribution is -2.71. The van der Waals surface area contributed by atoms with E-state index in [-0.39, 0.29) is 22.2 Å². The number of amides is 2. The lowest BCUT2D eigenvalue weighted by atomic mass is 10.0. The molecule has 0 unspecified atom stereocenters. The van der Waals surface area contributed by atoms with Gasteiger partial charge in [-0.25, -0.2) is 9.78 Å². The van der Waals surface area contributed by atoms with Gasteiger partial charge in [0, 0.05) is 22.9 Å². The molecule has 1 saturated heterocycles. The van der Waals surface area contributed by atoms with Crippen molar-refractivity contribution in [3.05, 3.63) is 59.3 Å². The molecule has 0 aliphatic carbocycles. The van der Waals surface area contributed by atoms with Crippen molar-refractivity contribution in [1.82, 2.24) is 19.6 Å². The molecule has 2 aliphatic heterocycles. The normalized spacial score (nSPS) is 20.3. The summed E-state index contributed by atoms with van der Waals surface area (Å²) in [6.07, 6.45) is 7.50. The second-order valence-corrected chi connectivity index (χ2v) is 9.57. The van der Waals surface area contributed by atoms with Crippen molar-refractivity contribution in [3.8, 4) is 0 Å². The number of aliphatic carboxylic acids is 1. The van der Waals surface area contributed by atoms with Crippen molar-refractivity contribution in [2.24, 2.45) is 5.16 Å². The van der Waals surface area contributed by atoms with Crippen molar-refractivity contribution in [2.45, 2.75) is 18.0 Å². The molecular weight excluding hydrogens is 482 g/mol. The summed E-state index contributed by atoms with van der Waals surface area (Å²) in [6, 6.07) is 2.88. The number of thioether (sulfide) groups is 1. The summed E-state index contributed by atoms with van der Waals surface area (Å²) < 4.78 is 3.80. The van der Waals surface area contributed by atoms with Crippen LogP contribution in [0.3, 0.4) is 0 Å². The van der Waals surface area contributed by atoms with Crippen LogP contribution in [0.1, 0.15) is 5.69 Å². The van der Waals surface area contributed by atoms with Crippen LogP contribution < -0.4 is 15.6 Å². The zero-order valence-corrected chi connectivity index (χ0v) is 19.0. The molecule has 1 fully saturated rings. The first-order valence-corrected chi connectivity index (χ1v) is 11.9. The second kappa shape index (κ2) is 8.46. The molecule has 0 spiro atoms. The Kier molecular flexibility index (Phi) is 5.45. The molecule has 12 nitrogen and oxygen atoms in total. The quantitative estimate of drug-likeness (QED) is 0.120. The Hall–Kier alpha value is -3.91. The van der Waals surface area contributed by atoms with Gasteiger partial charge in [0.25, 0.3) is 11.8 Å². The number of hydrogen-bond donors (Lipinski definition) is 4. The molecule has 3 aromatic heterocycles. The maximum Gasteiger partial charge on any atom is 0.352 e. The maximum absolute atomic E-state index is 12.9. The van der Waals surface area contributed by atoms with Crippen LogP contribution >= 0.6 is 23.1 Å². The number of fused-ring (bicyclic) bond motifs is 2. The summed E-state index contributed by atoms with van der Waals surface area (Å²) in [4.78, 5) is 42.7. The Labute approximate surface area is 200 Å². The van der Waals surface area contributed by atoms with Crippen LogP contribution in [0.4, 0.5) is 5.13 Å². The Morgan fingerprint density at radius 2 is 2.21 bits per heavy atom. The molecule has 14 heteroatoms. The second-order valence-electron chi connectivity index (χ2n) is 7.58. The molecule has 0 bridgehead atoms. The van der Waals surface area contributed by atoms with E-state index in [1.807, 2.05) is 45.9 Å². The van der Waals surface area contributed by atoms with Gasteiger partial charge in [-0.1, -0.05) is 5.16 Å².